The molecule has 0 saturated heterocycles. The second-order valence-electron chi connectivity index (χ2n) is 5.92. The molecule has 0 heterocycles. The molecule has 0 radical (unpaired) electrons. The van der Waals surface area contributed by atoms with E-state index in [0.717, 1.165) is 16.8 Å². The number of hydrogen-bond acceptors (Lipinski definition) is 5. The lowest BCUT2D eigenvalue weighted by molar-refractivity contribution is -0.384. The van der Waals surface area contributed by atoms with E-state index in [1.54, 1.807) is 6.07 Å². The predicted molar refractivity (Wildman–Crippen MR) is 99.3 cm³/mol. The first-order valence-electron chi connectivity index (χ1n) is 7.84. The number of rotatable bonds is 6. The highest BCUT2D eigenvalue weighted by molar-refractivity contribution is 6.00. The topological polar surface area (TPSA) is 87.5 Å². The molecule has 1 amide bonds. The van der Waals surface area contributed by atoms with Crippen molar-refractivity contribution in [3.63, 3.8) is 0 Å². The van der Waals surface area contributed by atoms with Gasteiger partial charge in [0, 0.05) is 51.2 Å². The maximum absolute atomic E-state index is 12.0. The third-order valence-electron chi connectivity index (χ3n) is 4.00. The van der Waals surface area contributed by atoms with E-state index in [2.05, 4.69) is 16.7 Å². The molecule has 0 aliphatic rings. The van der Waals surface area contributed by atoms with Crippen LogP contribution in [0.4, 0.5) is 17.1 Å². The number of amides is 1. The number of carbonyl (C=O) groups is 1. The van der Waals surface area contributed by atoms with Gasteiger partial charge in [-0.25, -0.2) is 0 Å². The van der Waals surface area contributed by atoms with Crippen molar-refractivity contribution in [2.75, 3.05) is 31.4 Å². The van der Waals surface area contributed by atoms with Gasteiger partial charge in [0.2, 0.25) is 0 Å². The molecule has 7 nitrogen and oxygen atoms in total. The summed E-state index contributed by atoms with van der Waals surface area (Å²) in [4.78, 5) is 24.5. The highest BCUT2D eigenvalue weighted by Gasteiger charge is 2.16. The quantitative estimate of drug-likeness (QED) is 0.622. The van der Waals surface area contributed by atoms with Crippen LogP contribution in [-0.4, -0.2) is 32.0 Å². The van der Waals surface area contributed by atoms with Gasteiger partial charge in [0.25, 0.3) is 11.6 Å². The lowest BCUT2D eigenvalue weighted by Gasteiger charge is -2.16. The Kier molecular flexibility index (Phi) is 5.59. The first kappa shape index (κ1) is 18.3. The molecule has 0 atom stereocenters. The molecule has 2 aromatic rings. The molecule has 25 heavy (non-hydrogen) atoms. The second-order valence-corrected chi connectivity index (χ2v) is 5.92. The number of aryl methyl sites for hydroxylation is 1. The van der Waals surface area contributed by atoms with E-state index in [-0.39, 0.29) is 17.2 Å². The molecule has 132 valence electrons. The van der Waals surface area contributed by atoms with Gasteiger partial charge in [0.1, 0.15) is 0 Å². The Hall–Kier alpha value is -3.09. The summed E-state index contributed by atoms with van der Waals surface area (Å²) in [6, 6.07) is 10.4. The summed E-state index contributed by atoms with van der Waals surface area (Å²) in [5, 5.41) is 16.6. The number of nitrogens with one attached hydrogen (secondary N) is 2. The van der Waals surface area contributed by atoms with Crippen molar-refractivity contribution in [3.05, 3.63) is 63.2 Å². The fourth-order valence-electron chi connectivity index (χ4n) is 2.47. The van der Waals surface area contributed by atoms with Gasteiger partial charge < -0.3 is 15.5 Å². The van der Waals surface area contributed by atoms with Gasteiger partial charge in [-0.15, -0.1) is 0 Å². The molecule has 0 bridgehead atoms. The number of benzene rings is 2. The van der Waals surface area contributed by atoms with Crippen molar-refractivity contribution in [2.24, 2.45) is 0 Å². The molecule has 2 N–H and O–H groups in total. The van der Waals surface area contributed by atoms with Gasteiger partial charge in [-0.3, -0.25) is 14.9 Å². The molecular weight excluding hydrogens is 320 g/mol. The Bertz CT molecular complexity index is 803. The molecule has 0 spiro atoms. The summed E-state index contributed by atoms with van der Waals surface area (Å²) in [5.41, 5.74) is 4.02. The van der Waals surface area contributed by atoms with Crippen LogP contribution in [0.5, 0.6) is 0 Å². The van der Waals surface area contributed by atoms with Gasteiger partial charge in [-0.05, 0) is 36.2 Å². The summed E-state index contributed by atoms with van der Waals surface area (Å²) in [5.74, 6) is -0.370. The highest BCUT2D eigenvalue weighted by Crippen LogP contribution is 2.24. The Morgan fingerprint density at radius 1 is 1.20 bits per heavy atom. The van der Waals surface area contributed by atoms with E-state index in [1.807, 2.05) is 38.1 Å². The fraction of sp³-hybridized carbons (Fsp3) is 0.278. The number of nitrogens with zero attached hydrogens (tertiary/aromatic N) is 2. The third kappa shape index (κ3) is 4.26. The number of carbonyl (C=O) groups excluding carboxylic acids is 1. The van der Waals surface area contributed by atoms with Crippen LogP contribution in [0.15, 0.2) is 36.4 Å². The molecule has 0 aromatic heterocycles. The molecule has 0 saturated carbocycles. The fourth-order valence-corrected chi connectivity index (χ4v) is 2.47. The SMILES string of the molecule is CNC(=O)c1cc([N+](=O)[O-])ccc1NCc1ccc(N(C)C)cc1C. The van der Waals surface area contributed by atoms with E-state index in [4.69, 9.17) is 0 Å². The molecular formula is C18H22N4O3. The summed E-state index contributed by atoms with van der Waals surface area (Å²) in [6.07, 6.45) is 0. The van der Waals surface area contributed by atoms with Crippen molar-refractivity contribution in [2.45, 2.75) is 13.5 Å². The van der Waals surface area contributed by atoms with Gasteiger partial charge in [-0.1, -0.05) is 6.07 Å². The van der Waals surface area contributed by atoms with Crippen molar-refractivity contribution < 1.29 is 9.72 Å². The van der Waals surface area contributed by atoms with Crippen LogP contribution < -0.4 is 15.5 Å². The number of nitro groups is 1. The molecule has 2 aromatic carbocycles. The molecule has 0 aliphatic carbocycles. The maximum Gasteiger partial charge on any atom is 0.270 e. The summed E-state index contributed by atoms with van der Waals surface area (Å²) >= 11 is 0. The maximum atomic E-state index is 12.0. The van der Waals surface area contributed by atoms with Gasteiger partial charge in [0.15, 0.2) is 0 Å². The van der Waals surface area contributed by atoms with Crippen LogP contribution >= 0.6 is 0 Å². The predicted octanol–water partition coefficient (Wildman–Crippen LogP) is 2.94. The van der Waals surface area contributed by atoms with Crippen LogP contribution in [0, 0.1) is 17.0 Å². The standard InChI is InChI=1S/C18H22N4O3/c1-12-9-14(21(3)4)6-5-13(12)11-20-17-8-7-15(22(24)25)10-16(17)18(23)19-2/h5-10,20H,11H2,1-4H3,(H,19,23). The van der Waals surface area contributed by atoms with E-state index in [9.17, 15) is 14.9 Å². The zero-order valence-electron chi connectivity index (χ0n) is 14.8. The lowest BCUT2D eigenvalue weighted by Crippen LogP contribution is -2.20. The Morgan fingerprint density at radius 3 is 2.48 bits per heavy atom. The van der Waals surface area contributed by atoms with Crippen LogP contribution in [0.25, 0.3) is 0 Å². The zero-order chi connectivity index (χ0) is 18.6. The third-order valence-corrected chi connectivity index (χ3v) is 4.00. The van der Waals surface area contributed by atoms with Crippen molar-refractivity contribution in [1.82, 2.24) is 5.32 Å². The minimum atomic E-state index is -0.514. The van der Waals surface area contributed by atoms with E-state index in [0.29, 0.717) is 12.2 Å². The highest BCUT2D eigenvalue weighted by atomic mass is 16.6. The van der Waals surface area contributed by atoms with E-state index < -0.39 is 4.92 Å². The van der Waals surface area contributed by atoms with Gasteiger partial charge in [0.05, 0.1) is 10.5 Å². The number of hydrogen-bond donors (Lipinski definition) is 2. The molecule has 0 unspecified atom stereocenters. The molecule has 0 aliphatic heterocycles. The first-order valence-corrected chi connectivity index (χ1v) is 7.84. The summed E-state index contributed by atoms with van der Waals surface area (Å²) in [6.45, 7) is 2.54. The zero-order valence-corrected chi connectivity index (χ0v) is 14.8. The molecule has 7 heteroatoms. The Morgan fingerprint density at radius 2 is 1.92 bits per heavy atom. The summed E-state index contributed by atoms with van der Waals surface area (Å²) < 4.78 is 0. The van der Waals surface area contributed by atoms with Crippen LogP contribution in [0.1, 0.15) is 21.5 Å². The van der Waals surface area contributed by atoms with Gasteiger partial charge in [-0.2, -0.15) is 0 Å². The van der Waals surface area contributed by atoms with Crippen LogP contribution in [0.2, 0.25) is 0 Å². The van der Waals surface area contributed by atoms with E-state index >= 15 is 0 Å². The Balaban J connectivity index is 2.25. The smallest absolute Gasteiger partial charge is 0.270 e. The minimum absolute atomic E-state index is 0.115. The average molecular weight is 342 g/mol. The monoisotopic (exact) mass is 342 g/mol. The molecule has 0 fully saturated rings. The second kappa shape index (κ2) is 7.65. The number of nitro benzene ring substituents is 1. The Labute approximate surface area is 146 Å². The van der Waals surface area contributed by atoms with Gasteiger partial charge >= 0.3 is 0 Å². The van der Waals surface area contributed by atoms with Crippen molar-refractivity contribution >= 4 is 23.0 Å². The largest absolute Gasteiger partial charge is 0.380 e. The first-order chi connectivity index (χ1) is 11.8. The lowest BCUT2D eigenvalue weighted by atomic mass is 10.1. The molecule has 2 rings (SSSR count). The van der Waals surface area contributed by atoms with Crippen molar-refractivity contribution in [3.8, 4) is 0 Å². The average Bonchev–Trinajstić information content (AvgIpc) is 2.59. The number of anilines is 2. The summed E-state index contributed by atoms with van der Waals surface area (Å²) in [7, 11) is 5.47. The minimum Gasteiger partial charge on any atom is -0.380 e. The number of non-ortho nitro benzene ring substituents is 1. The van der Waals surface area contributed by atoms with Crippen LogP contribution in [0.3, 0.4) is 0 Å². The van der Waals surface area contributed by atoms with Crippen LogP contribution in [-0.2, 0) is 6.54 Å². The normalized spacial score (nSPS) is 10.2. The van der Waals surface area contributed by atoms with Crippen molar-refractivity contribution in [1.29, 1.82) is 0 Å². The van der Waals surface area contributed by atoms with E-state index in [1.165, 1.54) is 19.2 Å².